The second-order valence-electron chi connectivity index (χ2n) is 5.28. The van der Waals surface area contributed by atoms with Crippen LogP contribution >= 0.6 is 27.5 Å². The molecular weight excluding hydrogens is 345 g/mol. The third-order valence-corrected chi connectivity index (χ3v) is 4.68. The van der Waals surface area contributed by atoms with Gasteiger partial charge < -0.3 is 9.47 Å². The van der Waals surface area contributed by atoms with Crippen LogP contribution in [0.5, 0.6) is 0 Å². The summed E-state index contributed by atoms with van der Waals surface area (Å²) in [5.41, 5.74) is 1.59. The molecular formula is C14H16BrClFN3. The fourth-order valence-electron chi connectivity index (χ4n) is 2.48. The smallest absolute Gasteiger partial charge is 0.139 e. The highest BCUT2D eigenvalue weighted by molar-refractivity contribution is 9.10. The molecule has 0 atom stereocenters. The summed E-state index contributed by atoms with van der Waals surface area (Å²) >= 11 is 9.17. The third-order valence-electron chi connectivity index (χ3n) is 3.84. The number of imidazole rings is 1. The van der Waals surface area contributed by atoms with Gasteiger partial charge in [0.2, 0.25) is 0 Å². The molecule has 0 unspecified atom stereocenters. The number of benzene rings is 1. The first-order valence-corrected chi connectivity index (χ1v) is 8.03. The Labute approximate surface area is 130 Å². The lowest BCUT2D eigenvalue weighted by Gasteiger charge is -2.17. The molecule has 3 nitrogen and oxygen atoms in total. The predicted octanol–water partition coefficient (Wildman–Crippen LogP) is 3.77. The molecule has 2 aromatic rings. The number of alkyl halides is 1. The van der Waals surface area contributed by atoms with Crippen molar-refractivity contribution in [2.45, 2.75) is 31.3 Å². The van der Waals surface area contributed by atoms with Crippen LogP contribution < -0.4 is 0 Å². The van der Waals surface area contributed by atoms with Crippen molar-refractivity contribution in [3.8, 4) is 0 Å². The molecule has 1 heterocycles. The lowest BCUT2D eigenvalue weighted by Crippen LogP contribution is -2.25. The second-order valence-corrected chi connectivity index (χ2v) is 6.40. The molecule has 1 aromatic carbocycles. The Morgan fingerprint density at radius 1 is 1.50 bits per heavy atom. The fourth-order valence-corrected chi connectivity index (χ4v) is 3.01. The van der Waals surface area contributed by atoms with Crippen molar-refractivity contribution in [1.82, 2.24) is 14.5 Å². The van der Waals surface area contributed by atoms with Gasteiger partial charge in [-0.3, -0.25) is 0 Å². The molecule has 1 aliphatic carbocycles. The maximum Gasteiger partial charge on any atom is 0.139 e. The third kappa shape index (κ3) is 2.71. The van der Waals surface area contributed by atoms with Gasteiger partial charge in [0.25, 0.3) is 0 Å². The number of rotatable bonds is 5. The SMILES string of the molecule is CN(CCn1c(CCl)nc2cc(Br)c(F)cc21)C1CC1. The van der Waals surface area contributed by atoms with Gasteiger partial charge in [0.05, 0.1) is 21.4 Å². The zero-order chi connectivity index (χ0) is 14.3. The fraction of sp³-hybridized carbons (Fsp3) is 0.500. The minimum absolute atomic E-state index is 0.268. The normalized spacial score (nSPS) is 15.4. The van der Waals surface area contributed by atoms with E-state index in [-0.39, 0.29) is 5.82 Å². The van der Waals surface area contributed by atoms with Gasteiger partial charge in [-0.1, -0.05) is 0 Å². The van der Waals surface area contributed by atoms with Crippen molar-refractivity contribution < 1.29 is 4.39 Å². The van der Waals surface area contributed by atoms with E-state index in [0.29, 0.717) is 10.4 Å². The number of halogens is 3. The predicted molar refractivity (Wildman–Crippen MR) is 82.6 cm³/mol. The van der Waals surface area contributed by atoms with E-state index < -0.39 is 0 Å². The van der Waals surface area contributed by atoms with E-state index in [1.807, 2.05) is 4.57 Å². The number of aromatic nitrogens is 2. The van der Waals surface area contributed by atoms with Crippen LogP contribution in [-0.4, -0.2) is 34.1 Å². The average molecular weight is 361 g/mol. The number of hydrogen-bond acceptors (Lipinski definition) is 2. The molecule has 1 aliphatic rings. The van der Waals surface area contributed by atoms with Crippen LogP contribution in [-0.2, 0) is 12.4 Å². The first-order chi connectivity index (χ1) is 9.60. The number of likely N-dealkylation sites (N-methyl/N-ethyl adjacent to an activating group) is 1. The van der Waals surface area contributed by atoms with Crippen LogP contribution in [0.2, 0.25) is 0 Å². The Morgan fingerprint density at radius 2 is 2.25 bits per heavy atom. The largest absolute Gasteiger partial charge is 0.326 e. The van der Waals surface area contributed by atoms with E-state index in [1.165, 1.54) is 18.9 Å². The summed E-state index contributed by atoms with van der Waals surface area (Å²) in [7, 11) is 2.13. The van der Waals surface area contributed by atoms with Gasteiger partial charge in [0.1, 0.15) is 11.6 Å². The zero-order valence-electron chi connectivity index (χ0n) is 11.2. The topological polar surface area (TPSA) is 21.1 Å². The highest BCUT2D eigenvalue weighted by Crippen LogP contribution is 2.27. The molecule has 6 heteroatoms. The van der Waals surface area contributed by atoms with Crippen molar-refractivity contribution in [2.24, 2.45) is 0 Å². The molecule has 0 spiro atoms. The lowest BCUT2D eigenvalue weighted by molar-refractivity contribution is 0.309. The van der Waals surface area contributed by atoms with E-state index >= 15 is 0 Å². The van der Waals surface area contributed by atoms with Gasteiger partial charge in [0, 0.05) is 25.2 Å². The number of fused-ring (bicyclic) bond motifs is 1. The monoisotopic (exact) mass is 359 g/mol. The maximum absolute atomic E-state index is 13.7. The van der Waals surface area contributed by atoms with Crippen LogP contribution in [0.3, 0.4) is 0 Å². The standard InChI is InChI=1S/C14H16BrClFN3/c1-19(9-2-3-9)4-5-20-13-7-11(17)10(15)6-12(13)18-14(20)8-16/h6-7,9H,2-5,8H2,1H3. The van der Waals surface area contributed by atoms with Crippen molar-refractivity contribution in [3.05, 3.63) is 28.2 Å². The molecule has 0 radical (unpaired) electrons. The molecule has 0 amide bonds. The van der Waals surface area contributed by atoms with Crippen LogP contribution in [0.15, 0.2) is 16.6 Å². The van der Waals surface area contributed by atoms with Crippen LogP contribution in [0.4, 0.5) is 4.39 Å². The van der Waals surface area contributed by atoms with Gasteiger partial charge in [-0.15, -0.1) is 11.6 Å². The van der Waals surface area contributed by atoms with Crippen LogP contribution in [0.1, 0.15) is 18.7 Å². The Kier molecular flexibility index (Phi) is 4.02. The van der Waals surface area contributed by atoms with Crippen molar-refractivity contribution in [3.63, 3.8) is 0 Å². The summed E-state index contributed by atoms with van der Waals surface area (Å²) in [6.45, 7) is 1.71. The summed E-state index contributed by atoms with van der Waals surface area (Å²) in [6, 6.07) is 3.96. The van der Waals surface area contributed by atoms with E-state index in [2.05, 4.69) is 32.9 Å². The molecule has 1 saturated carbocycles. The van der Waals surface area contributed by atoms with E-state index in [1.54, 1.807) is 6.07 Å². The van der Waals surface area contributed by atoms with E-state index in [0.717, 1.165) is 36.0 Å². The molecule has 1 aromatic heterocycles. The minimum atomic E-state index is -0.268. The second kappa shape index (κ2) is 5.62. The number of nitrogens with zero attached hydrogens (tertiary/aromatic N) is 3. The van der Waals surface area contributed by atoms with E-state index in [9.17, 15) is 4.39 Å². The van der Waals surface area contributed by atoms with Gasteiger partial charge in [-0.25, -0.2) is 9.37 Å². The van der Waals surface area contributed by atoms with Crippen LogP contribution in [0, 0.1) is 5.82 Å². The quantitative estimate of drug-likeness (QED) is 0.757. The van der Waals surface area contributed by atoms with E-state index in [4.69, 9.17) is 11.6 Å². The highest BCUT2D eigenvalue weighted by atomic mass is 79.9. The highest BCUT2D eigenvalue weighted by Gasteiger charge is 2.26. The Balaban J connectivity index is 1.92. The van der Waals surface area contributed by atoms with Crippen molar-refractivity contribution in [1.29, 1.82) is 0 Å². The molecule has 3 rings (SSSR count). The van der Waals surface area contributed by atoms with Gasteiger partial charge in [-0.05, 0) is 41.9 Å². The first kappa shape index (κ1) is 14.3. The minimum Gasteiger partial charge on any atom is -0.326 e. The average Bonchev–Trinajstić information content (AvgIpc) is 3.21. The Morgan fingerprint density at radius 3 is 2.90 bits per heavy atom. The number of hydrogen-bond donors (Lipinski definition) is 0. The zero-order valence-corrected chi connectivity index (χ0v) is 13.6. The summed E-state index contributed by atoms with van der Waals surface area (Å²) in [4.78, 5) is 6.83. The van der Waals surface area contributed by atoms with Crippen LogP contribution in [0.25, 0.3) is 11.0 Å². The van der Waals surface area contributed by atoms with Gasteiger partial charge in [-0.2, -0.15) is 0 Å². The van der Waals surface area contributed by atoms with Crippen molar-refractivity contribution in [2.75, 3.05) is 13.6 Å². The van der Waals surface area contributed by atoms with Gasteiger partial charge in [0.15, 0.2) is 0 Å². The summed E-state index contributed by atoms with van der Waals surface area (Å²) < 4.78 is 16.2. The molecule has 1 fully saturated rings. The Hall–Kier alpha value is -0.650. The van der Waals surface area contributed by atoms with Gasteiger partial charge >= 0.3 is 0 Å². The molecule has 108 valence electrons. The van der Waals surface area contributed by atoms with Crippen molar-refractivity contribution >= 4 is 38.6 Å². The molecule has 0 aliphatic heterocycles. The maximum atomic E-state index is 13.7. The molecule has 0 bridgehead atoms. The summed E-state index contributed by atoms with van der Waals surface area (Å²) in [5, 5.41) is 0. The Bertz CT molecular complexity index is 639. The summed E-state index contributed by atoms with van der Waals surface area (Å²) in [6.07, 6.45) is 2.57. The summed E-state index contributed by atoms with van der Waals surface area (Å²) in [5.74, 6) is 0.861. The first-order valence-electron chi connectivity index (χ1n) is 6.70. The lowest BCUT2D eigenvalue weighted by atomic mass is 10.3. The molecule has 0 N–H and O–H groups in total. The molecule has 0 saturated heterocycles. The molecule has 20 heavy (non-hydrogen) atoms.